The lowest BCUT2D eigenvalue weighted by molar-refractivity contribution is 0.0697. The van der Waals surface area contributed by atoms with Crippen molar-refractivity contribution in [1.29, 1.82) is 0 Å². The van der Waals surface area contributed by atoms with Gasteiger partial charge in [0, 0.05) is 30.8 Å². The largest absolute Gasteiger partial charge is 0.478 e. The number of carboxylic acid groups (broad SMARTS) is 1. The van der Waals surface area contributed by atoms with Crippen molar-refractivity contribution in [2.75, 3.05) is 13.2 Å². The Balaban J connectivity index is 2.73. The Hall–Kier alpha value is -1.85. The number of hydrogen-bond acceptors (Lipinski definition) is 3. The number of carbonyl (C=O) groups is 1. The molecule has 0 unspecified atom stereocenters. The van der Waals surface area contributed by atoms with E-state index >= 15 is 0 Å². The molecule has 2 aromatic rings. The van der Waals surface area contributed by atoms with Gasteiger partial charge >= 0.3 is 5.97 Å². The summed E-state index contributed by atoms with van der Waals surface area (Å²) >= 11 is 0. The van der Waals surface area contributed by atoms with Crippen molar-refractivity contribution < 1.29 is 20.1 Å². The van der Waals surface area contributed by atoms with Crippen LogP contribution >= 0.6 is 0 Å². The zero-order chi connectivity index (χ0) is 17.0. The van der Waals surface area contributed by atoms with Crippen molar-refractivity contribution in [2.45, 2.75) is 46.1 Å². The third kappa shape index (κ3) is 3.41. The Morgan fingerprint density at radius 3 is 2.43 bits per heavy atom. The fourth-order valence-corrected chi connectivity index (χ4v) is 3.24. The zero-order valence-electron chi connectivity index (χ0n) is 13.8. The summed E-state index contributed by atoms with van der Waals surface area (Å²) < 4.78 is 2.18. The molecule has 0 saturated carbocycles. The van der Waals surface area contributed by atoms with Gasteiger partial charge in [0.25, 0.3) is 0 Å². The van der Waals surface area contributed by atoms with E-state index in [0.29, 0.717) is 24.9 Å². The highest BCUT2D eigenvalue weighted by Crippen LogP contribution is 2.31. The number of aliphatic hydroxyl groups excluding tert-OH is 2. The number of nitrogens with zero attached hydrogens (tertiary/aromatic N) is 1. The number of hydrogen-bond donors (Lipinski definition) is 3. The van der Waals surface area contributed by atoms with Crippen molar-refractivity contribution in [1.82, 2.24) is 4.57 Å². The predicted octanol–water partition coefficient (Wildman–Crippen LogP) is 2.52. The summed E-state index contributed by atoms with van der Waals surface area (Å²) in [7, 11) is 0. The van der Waals surface area contributed by atoms with E-state index in [-0.39, 0.29) is 13.2 Å². The van der Waals surface area contributed by atoms with Gasteiger partial charge in [-0.25, -0.2) is 4.79 Å². The first-order chi connectivity index (χ1) is 11.0. The van der Waals surface area contributed by atoms with Gasteiger partial charge in [-0.05, 0) is 55.9 Å². The van der Waals surface area contributed by atoms with E-state index < -0.39 is 5.97 Å². The molecule has 1 aromatic heterocycles. The Morgan fingerprint density at radius 1 is 1.17 bits per heavy atom. The topological polar surface area (TPSA) is 82.7 Å². The Morgan fingerprint density at radius 2 is 1.87 bits per heavy atom. The van der Waals surface area contributed by atoms with E-state index in [4.69, 9.17) is 10.2 Å². The second kappa shape index (κ2) is 7.62. The highest BCUT2D eigenvalue weighted by Gasteiger charge is 2.18. The highest BCUT2D eigenvalue weighted by molar-refractivity contribution is 5.97. The average molecular weight is 319 g/mol. The molecule has 5 heteroatoms. The van der Waals surface area contributed by atoms with Gasteiger partial charge in [-0.1, -0.05) is 6.92 Å². The standard InChI is InChI=1S/C18H25NO4/c1-3-13-10-14(18(22)23)11-16-15(6-4-8-20)12(2)19(17(13)16)7-5-9-21/h10-11,20-21H,3-9H2,1-2H3,(H,22,23). The molecule has 23 heavy (non-hydrogen) atoms. The minimum atomic E-state index is -0.921. The lowest BCUT2D eigenvalue weighted by Crippen LogP contribution is -2.05. The molecular formula is C18H25NO4. The molecule has 0 saturated heterocycles. The summed E-state index contributed by atoms with van der Waals surface area (Å²) in [5.41, 5.74) is 4.58. The van der Waals surface area contributed by atoms with Gasteiger partial charge in [0.05, 0.1) is 11.1 Å². The first kappa shape index (κ1) is 17.5. The van der Waals surface area contributed by atoms with Crippen molar-refractivity contribution in [3.63, 3.8) is 0 Å². The summed E-state index contributed by atoms with van der Waals surface area (Å²) in [5.74, 6) is -0.921. The molecular weight excluding hydrogens is 294 g/mol. The molecule has 0 atom stereocenters. The summed E-state index contributed by atoms with van der Waals surface area (Å²) in [6.07, 6.45) is 2.78. The third-order valence-corrected chi connectivity index (χ3v) is 4.38. The monoisotopic (exact) mass is 319 g/mol. The maximum atomic E-state index is 11.4. The molecule has 0 aliphatic rings. The number of aliphatic hydroxyl groups is 2. The molecule has 1 aromatic carbocycles. The molecule has 3 N–H and O–H groups in total. The molecule has 0 fully saturated rings. The van der Waals surface area contributed by atoms with Crippen molar-refractivity contribution in [3.8, 4) is 0 Å². The van der Waals surface area contributed by atoms with Gasteiger partial charge in [0.15, 0.2) is 0 Å². The second-order valence-electron chi connectivity index (χ2n) is 5.81. The molecule has 1 heterocycles. The minimum absolute atomic E-state index is 0.113. The summed E-state index contributed by atoms with van der Waals surface area (Å²) in [6, 6.07) is 3.49. The SMILES string of the molecule is CCc1cc(C(=O)O)cc2c(CCCO)c(C)n(CCCO)c12. The van der Waals surface area contributed by atoms with E-state index in [9.17, 15) is 9.90 Å². The van der Waals surface area contributed by atoms with Crippen LogP contribution < -0.4 is 0 Å². The molecule has 5 nitrogen and oxygen atoms in total. The Kier molecular flexibility index (Phi) is 5.80. The van der Waals surface area contributed by atoms with Gasteiger partial charge in [-0.15, -0.1) is 0 Å². The quantitative estimate of drug-likeness (QED) is 0.698. The minimum Gasteiger partial charge on any atom is -0.478 e. The van der Waals surface area contributed by atoms with Crippen LogP contribution in [0.5, 0.6) is 0 Å². The van der Waals surface area contributed by atoms with Crippen LogP contribution in [-0.2, 0) is 19.4 Å². The van der Waals surface area contributed by atoms with E-state index in [0.717, 1.165) is 40.6 Å². The lowest BCUT2D eigenvalue weighted by Gasteiger charge is -2.11. The number of aromatic carboxylic acids is 1. The number of aromatic nitrogens is 1. The van der Waals surface area contributed by atoms with Crippen LogP contribution in [0.4, 0.5) is 0 Å². The Labute approximate surface area is 136 Å². The van der Waals surface area contributed by atoms with Gasteiger partial charge in [-0.2, -0.15) is 0 Å². The molecule has 0 spiro atoms. The van der Waals surface area contributed by atoms with Gasteiger partial charge in [0.2, 0.25) is 0 Å². The van der Waals surface area contributed by atoms with E-state index in [1.165, 1.54) is 0 Å². The Bertz CT molecular complexity index is 703. The average Bonchev–Trinajstić information content (AvgIpc) is 2.81. The lowest BCUT2D eigenvalue weighted by atomic mass is 10.00. The molecule has 0 bridgehead atoms. The molecule has 0 radical (unpaired) electrons. The molecule has 2 rings (SSSR count). The van der Waals surface area contributed by atoms with E-state index in [2.05, 4.69) is 4.57 Å². The van der Waals surface area contributed by atoms with E-state index in [1.807, 2.05) is 13.8 Å². The summed E-state index contributed by atoms with van der Waals surface area (Å²) in [5, 5.41) is 28.6. The van der Waals surface area contributed by atoms with Crippen LogP contribution in [0.15, 0.2) is 12.1 Å². The number of benzene rings is 1. The van der Waals surface area contributed by atoms with Gasteiger partial charge in [0.1, 0.15) is 0 Å². The maximum absolute atomic E-state index is 11.4. The van der Waals surface area contributed by atoms with Crippen molar-refractivity contribution in [2.24, 2.45) is 0 Å². The van der Waals surface area contributed by atoms with Crippen molar-refractivity contribution >= 4 is 16.9 Å². The van der Waals surface area contributed by atoms with Crippen LogP contribution in [0.1, 0.15) is 46.9 Å². The highest BCUT2D eigenvalue weighted by atomic mass is 16.4. The maximum Gasteiger partial charge on any atom is 0.335 e. The van der Waals surface area contributed by atoms with Crippen LogP contribution in [-0.4, -0.2) is 39.1 Å². The molecule has 0 amide bonds. The fraction of sp³-hybridized carbons (Fsp3) is 0.500. The third-order valence-electron chi connectivity index (χ3n) is 4.38. The normalized spacial score (nSPS) is 11.3. The van der Waals surface area contributed by atoms with Crippen molar-refractivity contribution in [3.05, 3.63) is 34.5 Å². The predicted molar refractivity (Wildman–Crippen MR) is 90.1 cm³/mol. The van der Waals surface area contributed by atoms with Crippen LogP contribution in [0, 0.1) is 6.92 Å². The smallest absolute Gasteiger partial charge is 0.335 e. The molecule has 0 aliphatic carbocycles. The number of rotatable bonds is 8. The second-order valence-corrected chi connectivity index (χ2v) is 5.81. The fourth-order valence-electron chi connectivity index (χ4n) is 3.24. The first-order valence-corrected chi connectivity index (χ1v) is 8.14. The molecule has 0 aliphatic heterocycles. The summed E-state index contributed by atoms with van der Waals surface area (Å²) in [4.78, 5) is 11.4. The van der Waals surface area contributed by atoms with Gasteiger partial charge in [-0.3, -0.25) is 0 Å². The zero-order valence-corrected chi connectivity index (χ0v) is 13.8. The van der Waals surface area contributed by atoms with Gasteiger partial charge < -0.3 is 19.9 Å². The first-order valence-electron chi connectivity index (χ1n) is 8.14. The number of carboxylic acids is 1. The van der Waals surface area contributed by atoms with Crippen LogP contribution in [0.3, 0.4) is 0 Å². The van der Waals surface area contributed by atoms with E-state index in [1.54, 1.807) is 12.1 Å². The number of fused-ring (bicyclic) bond motifs is 1. The summed E-state index contributed by atoms with van der Waals surface area (Å²) in [6.45, 7) is 5.00. The molecule has 126 valence electrons. The van der Waals surface area contributed by atoms with Crippen LogP contribution in [0.2, 0.25) is 0 Å². The number of aryl methyl sites for hydroxylation is 3. The van der Waals surface area contributed by atoms with Crippen LogP contribution in [0.25, 0.3) is 10.9 Å².